The lowest BCUT2D eigenvalue weighted by Gasteiger charge is -2.33. The van der Waals surface area contributed by atoms with Gasteiger partial charge in [0.1, 0.15) is 12.6 Å². The van der Waals surface area contributed by atoms with Crippen molar-refractivity contribution in [3.63, 3.8) is 0 Å². The van der Waals surface area contributed by atoms with Gasteiger partial charge in [0.2, 0.25) is 0 Å². The van der Waals surface area contributed by atoms with Crippen LogP contribution in [-0.2, 0) is 6.54 Å². The summed E-state index contributed by atoms with van der Waals surface area (Å²) in [4.78, 5) is 15.9. The third kappa shape index (κ3) is 3.94. The molecule has 2 heterocycles. The van der Waals surface area contributed by atoms with Crippen LogP contribution >= 0.6 is 0 Å². The minimum absolute atomic E-state index is 0.102. The zero-order valence-corrected chi connectivity index (χ0v) is 17.6. The maximum atomic E-state index is 12.7. The lowest BCUT2D eigenvalue weighted by atomic mass is 10.2. The maximum Gasteiger partial charge on any atom is 0.254 e. The molecule has 158 valence electrons. The number of amides is 1. The van der Waals surface area contributed by atoms with Crippen LogP contribution in [0.2, 0.25) is 0 Å². The SMILES string of the molecule is O=C(c1ccccc1)N1CC[NH+](C[C@@H](O)Cn2c3ccccc3c3ccccc32)CC1. The van der Waals surface area contributed by atoms with Gasteiger partial charge in [-0.1, -0.05) is 54.6 Å². The van der Waals surface area contributed by atoms with Crippen LogP contribution in [0.3, 0.4) is 0 Å². The quantitative estimate of drug-likeness (QED) is 0.526. The summed E-state index contributed by atoms with van der Waals surface area (Å²) in [5.41, 5.74) is 3.07. The molecule has 0 radical (unpaired) electrons. The van der Waals surface area contributed by atoms with Crippen LogP contribution in [0, 0.1) is 0 Å². The molecule has 1 fully saturated rings. The van der Waals surface area contributed by atoms with E-state index >= 15 is 0 Å². The van der Waals surface area contributed by atoms with Gasteiger partial charge >= 0.3 is 0 Å². The number of nitrogens with zero attached hydrogens (tertiary/aromatic N) is 2. The number of para-hydroxylation sites is 2. The van der Waals surface area contributed by atoms with Crippen molar-refractivity contribution in [3.05, 3.63) is 84.4 Å². The molecule has 2 N–H and O–H groups in total. The molecule has 1 aliphatic rings. The Balaban J connectivity index is 1.24. The Morgan fingerprint density at radius 1 is 0.839 bits per heavy atom. The topological polar surface area (TPSA) is 49.9 Å². The van der Waals surface area contributed by atoms with Crippen molar-refractivity contribution in [2.24, 2.45) is 0 Å². The second-order valence-corrected chi connectivity index (χ2v) is 8.41. The average molecular weight is 415 g/mol. The van der Waals surface area contributed by atoms with Crippen LogP contribution in [0.4, 0.5) is 0 Å². The van der Waals surface area contributed by atoms with E-state index in [0.29, 0.717) is 13.1 Å². The third-order valence-electron chi connectivity index (χ3n) is 6.38. The number of aliphatic hydroxyl groups is 1. The molecule has 31 heavy (non-hydrogen) atoms. The predicted octanol–water partition coefficient (Wildman–Crippen LogP) is 2.20. The van der Waals surface area contributed by atoms with Crippen molar-refractivity contribution in [3.8, 4) is 0 Å². The van der Waals surface area contributed by atoms with Crippen LogP contribution in [0.5, 0.6) is 0 Å². The molecule has 1 aromatic heterocycles. The number of piperazine rings is 1. The predicted molar refractivity (Wildman–Crippen MR) is 123 cm³/mol. The number of carbonyl (C=O) groups is 1. The van der Waals surface area contributed by atoms with Crippen molar-refractivity contribution in [1.29, 1.82) is 0 Å². The fourth-order valence-electron chi connectivity index (χ4n) is 4.80. The van der Waals surface area contributed by atoms with Crippen molar-refractivity contribution in [2.75, 3.05) is 32.7 Å². The molecule has 4 aromatic rings. The van der Waals surface area contributed by atoms with Gasteiger partial charge in [0.05, 0.1) is 32.7 Å². The highest BCUT2D eigenvalue weighted by Gasteiger charge is 2.26. The summed E-state index contributed by atoms with van der Waals surface area (Å²) < 4.78 is 2.24. The third-order valence-corrected chi connectivity index (χ3v) is 6.38. The number of carbonyl (C=O) groups excluding carboxylic acids is 1. The van der Waals surface area contributed by atoms with Crippen molar-refractivity contribution in [2.45, 2.75) is 12.6 Å². The molecular weight excluding hydrogens is 386 g/mol. The lowest BCUT2D eigenvalue weighted by molar-refractivity contribution is -0.907. The molecule has 1 atom stereocenters. The first kappa shape index (κ1) is 19.8. The molecule has 0 spiro atoms. The summed E-state index contributed by atoms with van der Waals surface area (Å²) in [6.07, 6.45) is -0.439. The highest BCUT2D eigenvalue weighted by molar-refractivity contribution is 6.07. The second kappa shape index (κ2) is 8.53. The summed E-state index contributed by atoms with van der Waals surface area (Å²) in [6, 6.07) is 26.3. The summed E-state index contributed by atoms with van der Waals surface area (Å²) >= 11 is 0. The summed E-state index contributed by atoms with van der Waals surface area (Å²) in [7, 11) is 0. The maximum absolute atomic E-state index is 12.7. The highest BCUT2D eigenvalue weighted by atomic mass is 16.3. The van der Waals surface area contributed by atoms with E-state index in [9.17, 15) is 9.90 Å². The summed E-state index contributed by atoms with van der Waals surface area (Å²) in [5, 5.41) is 13.4. The number of hydrogen-bond donors (Lipinski definition) is 2. The molecule has 5 nitrogen and oxygen atoms in total. The Hall–Kier alpha value is -3.15. The Labute approximate surface area is 182 Å². The van der Waals surface area contributed by atoms with Gasteiger partial charge in [0.25, 0.3) is 5.91 Å². The Kier molecular flexibility index (Phi) is 5.45. The molecule has 1 amide bonds. The van der Waals surface area contributed by atoms with E-state index in [-0.39, 0.29) is 5.91 Å². The number of fused-ring (bicyclic) bond motifs is 3. The fraction of sp³-hybridized carbons (Fsp3) is 0.269. The van der Waals surface area contributed by atoms with Gasteiger partial charge in [-0.05, 0) is 24.3 Å². The van der Waals surface area contributed by atoms with E-state index in [1.807, 2.05) is 35.2 Å². The highest BCUT2D eigenvalue weighted by Crippen LogP contribution is 2.28. The van der Waals surface area contributed by atoms with Crippen LogP contribution in [0.15, 0.2) is 78.9 Å². The van der Waals surface area contributed by atoms with E-state index in [2.05, 4.69) is 53.1 Å². The second-order valence-electron chi connectivity index (χ2n) is 8.41. The van der Waals surface area contributed by atoms with Crippen LogP contribution in [-0.4, -0.2) is 59.3 Å². The average Bonchev–Trinajstić information content (AvgIpc) is 3.13. The van der Waals surface area contributed by atoms with Crippen LogP contribution in [0.25, 0.3) is 21.8 Å². The first-order valence-corrected chi connectivity index (χ1v) is 11.0. The number of rotatable bonds is 5. The smallest absolute Gasteiger partial charge is 0.254 e. The minimum atomic E-state index is -0.439. The van der Waals surface area contributed by atoms with E-state index in [4.69, 9.17) is 0 Å². The van der Waals surface area contributed by atoms with E-state index in [1.54, 1.807) is 0 Å². The number of quaternary nitrogens is 1. The van der Waals surface area contributed by atoms with Gasteiger partial charge in [-0.15, -0.1) is 0 Å². The van der Waals surface area contributed by atoms with Gasteiger partial charge < -0.3 is 19.5 Å². The zero-order valence-electron chi connectivity index (χ0n) is 17.6. The van der Waals surface area contributed by atoms with E-state index in [1.165, 1.54) is 15.7 Å². The van der Waals surface area contributed by atoms with Gasteiger partial charge in [0.15, 0.2) is 0 Å². The number of benzene rings is 3. The molecule has 0 unspecified atom stereocenters. The van der Waals surface area contributed by atoms with Gasteiger partial charge in [-0.3, -0.25) is 4.79 Å². The first-order valence-electron chi connectivity index (χ1n) is 11.0. The molecule has 0 saturated carbocycles. The molecule has 0 aliphatic carbocycles. The molecular formula is C26H28N3O2+. The van der Waals surface area contributed by atoms with Gasteiger partial charge in [-0.25, -0.2) is 0 Å². The molecule has 3 aromatic carbocycles. The minimum Gasteiger partial charge on any atom is -0.385 e. The summed E-state index contributed by atoms with van der Waals surface area (Å²) in [5.74, 6) is 0.102. The van der Waals surface area contributed by atoms with Crippen molar-refractivity contribution >= 4 is 27.7 Å². The monoisotopic (exact) mass is 414 g/mol. The van der Waals surface area contributed by atoms with Crippen molar-refractivity contribution in [1.82, 2.24) is 9.47 Å². The number of hydrogen-bond acceptors (Lipinski definition) is 2. The molecule has 0 bridgehead atoms. The molecule has 1 aliphatic heterocycles. The number of nitrogens with one attached hydrogen (secondary N) is 1. The van der Waals surface area contributed by atoms with E-state index < -0.39 is 6.10 Å². The van der Waals surface area contributed by atoms with Gasteiger partial charge in [0, 0.05) is 27.4 Å². The summed E-state index contributed by atoms with van der Waals surface area (Å²) in [6.45, 7) is 4.44. The Morgan fingerprint density at radius 2 is 1.39 bits per heavy atom. The Bertz CT molecular complexity index is 1140. The molecule has 1 saturated heterocycles. The standard InChI is InChI=1S/C26H27N3O2/c30-21(18-27-14-16-28(17-15-27)26(31)20-8-2-1-3-9-20)19-29-24-12-6-4-10-22(24)23-11-5-7-13-25(23)29/h1-13,21,30H,14-19H2/p+1/t21-/m1/s1. The lowest BCUT2D eigenvalue weighted by Crippen LogP contribution is -3.15. The molecule has 5 rings (SSSR count). The Morgan fingerprint density at radius 3 is 2.00 bits per heavy atom. The zero-order chi connectivity index (χ0) is 21.2. The van der Waals surface area contributed by atoms with Crippen LogP contribution < -0.4 is 4.90 Å². The molecule has 5 heteroatoms. The van der Waals surface area contributed by atoms with E-state index in [0.717, 1.165) is 42.8 Å². The first-order chi connectivity index (χ1) is 15.2. The van der Waals surface area contributed by atoms with Gasteiger partial charge in [-0.2, -0.15) is 0 Å². The number of aliphatic hydroxyl groups excluding tert-OH is 1. The normalized spacial score (nSPS) is 16.1. The van der Waals surface area contributed by atoms with Crippen LogP contribution in [0.1, 0.15) is 10.4 Å². The van der Waals surface area contributed by atoms with Crippen molar-refractivity contribution < 1.29 is 14.8 Å². The largest absolute Gasteiger partial charge is 0.385 e. The number of aromatic nitrogens is 1. The fourth-order valence-corrected chi connectivity index (χ4v) is 4.80.